The Kier molecular flexibility index (Phi) is 4.32. The largest absolute Gasteiger partial charge is 0.395 e. The van der Waals surface area contributed by atoms with E-state index in [-0.39, 0.29) is 6.61 Å². The molecule has 0 bridgehead atoms. The number of aliphatic hydroxyl groups excluding tert-OH is 1. The molecule has 1 unspecified atom stereocenters. The van der Waals surface area contributed by atoms with Crippen LogP contribution in [0.4, 0.5) is 0 Å². The predicted octanol–water partition coefficient (Wildman–Crippen LogP) is 0.108. The highest BCUT2D eigenvalue weighted by molar-refractivity contribution is 5.81. The summed E-state index contributed by atoms with van der Waals surface area (Å²) in [6.07, 6.45) is 3.76. The second-order valence-electron chi connectivity index (χ2n) is 4.89. The summed E-state index contributed by atoms with van der Waals surface area (Å²) in [6, 6.07) is 0.501. The number of carbonyl (C=O) groups is 1. The fraction of sp³-hybridized carbons (Fsp3) is 0.917. The van der Waals surface area contributed by atoms with Crippen LogP contribution in [0, 0.1) is 0 Å². The maximum atomic E-state index is 11.3. The molecule has 0 aromatic carbocycles. The summed E-state index contributed by atoms with van der Waals surface area (Å²) < 4.78 is 0. The molecule has 0 amide bonds. The van der Waals surface area contributed by atoms with Gasteiger partial charge < -0.3 is 5.11 Å². The van der Waals surface area contributed by atoms with Crippen LogP contribution in [0.1, 0.15) is 25.7 Å². The first-order valence-electron chi connectivity index (χ1n) is 6.38. The summed E-state index contributed by atoms with van der Waals surface area (Å²) in [7, 11) is 0. The van der Waals surface area contributed by atoms with Gasteiger partial charge in [0.15, 0.2) is 0 Å². The zero-order chi connectivity index (χ0) is 11.4. The van der Waals surface area contributed by atoms with Gasteiger partial charge in [0.25, 0.3) is 0 Å². The Morgan fingerprint density at radius 1 is 1.25 bits per heavy atom. The highest BCUT2D eigenvalue weighted by Crippen LogP contribution is 2.21. The Morgan fingerprint density at radius 2 is 2.12 bits per heavy atom. The lowest BCUT2D eigenvalue weighted by Crippen LogP contribution is -2.37. The van der Waals surface area contributed by atoms with E-state index in [1.165, 1.54) is 0 Å². The van der Waals surface area contributed by atoms with Crippen LogP contribution in [0.15, 0.2) is 0 Å². The Morgan fingerprint density at radius 3 is 2.81 bits per heavy atom. The number of aliphatic hydroxyl groups is 1. The highest BCUT2D eigenvalue weighted by atomic mass is 16.3. The minimum Gasteiger partial charge on any atom is -0.395 e. The number of hydrogen-bond donors (Lipinski definition) is 1. The Bertz CT molecular complexity index is 245. The summed E-state index contributed by atoms with van der Waals surface area (Å²) in [6.45, 7) is 5.32. The first-order valence-corrected chi connectivity index (χ1v) is 6.38. The molecule has 0 spiro atoms. The molecule has 1 saturated carbocycles. The summed E-state index contributed by atoms with van der Waals surface area (Å²) in [4.78, 5) is 16.1. The van der Waals surface area contributed by atoms with E-state index in [0.717, 1.165) is 58.4 Å². The zero-order valence-electron chi connectivity index (χ0n) is 9.90. The molecule has 2 rings (SSSR count). The topological polar surface area (TPSA) is 43.8 Å². The molecule has 0 aromatic rings. The first kappa shape index (κ1) is 12.0. The molecular formula is C12H22N2O2. The lowest BCUT2D eigenvalue weighted by Gasteiger charge is -2.26. The van der Waals surface area contributed by atoms with Crippen LogP contribution in [0.2, 0.25) is 0 Å². The van der Waals surface area contributed by atoms with Crippen molar-refractivity contribution in [2.45, 2.75) is 31.7 Å². The normalized spacial score (nSPS) is 29.6. The fourth-order valence-corrected chi connectivity index (χ4v) is 2.83. The molecule has 1 atom stereocenters. The molecule has 1 aliphatic carbocycles. The second-order valence-corrected chi connectivity index (χ2v) is 4.89. The zero-order valence-corrected chi connectivity index (χ0v) is 9.90. The van der Waals surface area contributed by atoms with Crippen LogP contribution in [-0.2, 0) is 4.79 Å². The van der Waals surface area contributed by atoms with E-state index in [9.17, 15) is 4.79 Å². The van der Waals surface area contributed by atoms with Gasteiger partial charge in [0.2, 0.25) is 0 Å². The van der Waals surface area contributed by atoms with E-state index < -0.39 is 0 Å². The molecular weight excluding hydrogens is 204 g/mol. The van der Waals surface area contributed by atoms with Gasteiger partial charge in [-0.2, -0.15) is 0 Å². The van der Waals surface area contributed by atoms with Crippen molar-refractivity contribution in [2.75, 3.05) is 39.3 Å². The molecule has 1 aliphatic heterocycles. The maximum Gasteiger partial charge on any atom is 0.134 e. The van der Waals surface area contributed by atoms with Gasteiger partial charge in [-0.15, -0.1) is 0 Å². The van der Waals surface area contributed by atoms with Crippen molar-refractivity contribution >= 4 is 5.78 Å². The quantitative estimate of drug-likeness (QED) is 0.742. The summed E-state index contributed by atoms with van der Waals surface area (Å²) in [5, 5.41) is 8.92. The van der Waals surface area contributed by atoms with Gasteiger partial charge in [0, 0.05) is 38.5 Å². The molecule has 0 aromatic heterocycles. The second kappa shape index (κ2) is 5.75. The first-order chi connectivity index (χ1) is 7.79. The molecule has 2 fully saturated rings. The SMILES string of the molecule is O=C1CCC(N2CCCN(CCO)CC2)C1. The molecule has 1 heterocycles. The average Bonchev–Trinajstić information content (AvgIpc) is 2.57. The predicted molar refractivity (Wildman–Crippen MR) is 62.4 cm³/mol. The van der Waals surface area contributed by atoms with E-state index in [1.807, 2.05) is 0 Å². The van der Waals surface area contributed by atoms with Crippen LogP contribution in [-0.4, -0.2) is 66.1 Å². The molecule has 4 nitrogen and oxygen atoms in total. The lowest BCUT2D eigenvalue weighted by molar-refractivity contribution is -0.117. The van der Waals surface area contributed by atoms with Crippen molar-refractivity contribution in [1.29, 1.82) is 0 Å². The highest BCUT2D eigenvalue weighted by Gasteiger charge is 2.28. The number of rotatable bonds is 3. The standard InChI is InChI=1S/C12H22N2O2/c15-9-8-13-4-1-5-14(7-6-13)11-2-3-12(16)10-11/h11,15H,1-10H2. The maximum absolute atomic E-state index is 11.3. The van der Waals surface area contributed by atoms with E-state index >= 15 is 0 Å². The number of ketones is 1. The molecule has 2 aliphatic rings. The molecule has 1 N–H and O–H groups in total. The smallest absolute Gasteiger partial charge is 0.134 e. The number of hydrogen-bond acceptors (Lipinski definition) is 4. The van der Waals surface area contributed by atoms with Crippen molar-refractivity contribution in [3.8, 4) is 0 Å². The van der Waals surface area contributed by atoms with Crippen LogP contribution in [0.3, 0.4) is 0 Å². The monoisotopic (exact) mass is 226 g/mol. The molecule has 4 heteroatoms. The summed E-state index contributed by atoms with van der Waals surface area (Å²) >= 11 is 0. The van der Waals surface area contributed by atoms with Gasteiger partial charge in [-0.25, -0.2) is 0 Å². The minimum absolute atomic E-state index is 0.252. The summed E-state index contributed by atoms with van der Waals surface area (Å²) in [5.41, 5.74) is 0. The van der Waals surface area contributed by atoms with Crippen LogP contribution >= 0.6 is 0 Å². The van der Waals surface area contributed by atoms with Crippen molar-refractivity contribution in [3.63, 3.8) is 0 Å². The van der Waals surface area contributed by atoms with Gasteiger partial charge in [0.05, 0.1) is 6.61 Å². The average molecular weight is 226 g/mol. The van der Waals surface area contributed by atoms with Gasteiger partial charge >= 0.3 is 0 Å². The van der Waals surface area contributed by atoms with Gasteiger partial charge in [0.1, 0.15) is 5.78 Å². The summed E-state index contributed by atoms with van der Waals surface area (Å²) in [5.74, 6) is 0.432. The van der Waals surface area contributed by atoms with Crippen LogP contribution < -0.4 is 0 Å². The third kappa shape index (κ3) is 3.03. The minimum atomic E-state index is 0.252. The Hall–Kier alpha value is -0.450. The number of Topliss-reactive ketones (excluding diaryl/α,β-unsaturated/α-hetero) is 1. The third-order valence-electron chi connectivity index (χ3n) is 3.78. The Labute approximate surface area is 97.2 Å². The van der Waals surface area contributed by atoms with Crippen molar-refractivity contribution in [2.24, 2.45) is 0 Å². The van der Waals surface area contributed by atoms with E-state index in [4.69, 9.17) is 5.11 Å². The molecule has 1 saturated heterocycles. The van der Waals surface area contributed by atoms with E-state index in [2.05, 4.69) is 9.80 Å². The number of carbonyl (C=O) groups excluding carboxylic acids is 1. The number of β-amino-alcohol motifs (C(OH)–C–C–N with tert-alkyl or cyclic N) is 1. The van der Waals surface area contributed by atoms with Gasteiger partial charge in [-0.1, -0.05) is 0 Å². The van der Waals surface area contributed by atoms with Crippen molar-refractivity contribution < 1.29 is 9.90 Å². The lowest BCUT2D eigenvalue weighted by atomic mass is 10.2. The van der Waals surface area contributed by atoms with Crippen molar-refractivity contribution in [1.82, 2.24) is 9.80 Å². The van der Waals surface area contributed by atoms with Crippen LogP contribution in [0.5, 0.6) is 0 Å². The van der Waals surface area contributed by atoms with Gasteiger partial charge in [-0.05, 0) is 25.9 Å². The third-order valence-corrected chi connectivity index (χ3v) is 3.78. The van der Waals surface area contributed by atoms with Gasteiger partial charge in [-0.3, -0.25) is 14.6 Å². The van der Waals surface area contributed by atoms with E-state index in [0.29, 0.717) is 11.8 Å². The molecule has 92 valence electrons. The van der Waals surface area contributed by atoms with Crippen LogP contribution in [0.25, 0.3) is 0 Å². The van der Waals surface area contributed by atoms with E-state index in [1.54, 1.807) is 0 Å². The fourth-order valence-electron chi connectivity index (χ4n) is 2.83. The molecule has 16 heavy (non-hydrogen) atoms. The molecule has 0 radical (unpaired) electrons. The number of nitrogens with zero attached hydrogens (tertiary/aromatic N) is 2. The van der Waals surface area contributed by atoms with Crippen molar-refractivity contribution in [3.05, 3.63) is 0 Å². The Balaban J connectivity index is 1.81.